The van der Waals surface area contributed by atoms with Crippen LogP contribution in [0.15, 0.2) is 5.11 Å². The molecule has 1 unspecified atom stereocenters. The first kappa shape index (κ1) is 10.1. The van der Waals surface area contributed by atoms with Gasteiger partial charge in [0.1, 0.15) is 0 Å². The van der Waals surface area contributed by atoms with Gasteiger partial charge in [-0.3, -0.25) is 0 Å². The summed E-state index contributed by atoms with van der Waals surface area (Å²) in [6, 6.07) is 0. The molecular formula is C4H6F3N3O. The van der Waals surface area contributed by atoms with Gasteiger partial charge in [0, 0.05) is 12.0 Å². The maximum Gasteiger partial charge on any atom is 0.423 e. The summed E-state index contributed by atoms with van der Waals surface area (Å²) in [7, 11) is 0.822. The molecule has 0 aliphatic rings. The third kappa shape index (κ3) is 1.99. The average Bonchev–Trinajstić information content (AvgIpc) is 1.86. The van der Waals surface area contributed by atoms with Gasteiger partial charge in [0.25, 0.3) is 0 Å². The van der Waals surface area contributed by atoms with E-state index in [1.165, 1.54) is 0 Å². The molecule has 4 nitrogen and oxygen atoms in total. The lowest BCUT2D eigenvalue weighted by atomic mass is 10.3. The van der Waals surface area contributed by atoms with Crippen LogP contribution in [0.2, 0.25) is 0 Å². The fraction of sp³-hybridized carbons (Fsp3) is 1.00. The first-order valence-corrected chi connectivity index (χ1v) is 2.55. The Labute approximate surface area is 60.6 Å². The Morgan fingerprint density at radius 2 is 1.91 bits per heavy atom. The molecule has 0 aliphatic carbocycles. The van der Waals surface area contributed by atoms with E-state index < -0.39 is 11.9 Å². The zero-order valence-electron chi connectivity index (χ0n) is 5.88. The Bertz CT molecular complexity index is 186. The van der Waals surface area contributed by atoms with Crippen molar-refractivity contribution < 1.29 is 17.9 Å². The van der Waals surface area contributed by atoms with E-state index in [2.05, 4.69) is 9.85 Å². The van der Waals surface area contributed by atoms with Crippen LogP contribution in [0, 0.1) is 0 Å². The van der Waals surface area contributed by atoms with Crippen molar-refractivity contribution in [1.82, 2.24) is 0 Å². The Kier molecular flexibility index (Phi) is 2.72. The molecule has 0 saturated heterocycles. The predicted octanol–water partition coefficient (Wildman–Crippen LogP) is 2.22. The van der Waals surface area contributed by atoms with Crippen molar-refractivity contribution in [3.8, 4) is 0 Å². The summed E-state index contributed by atoms with van der Waals surface area (Å²) < 4.78 is 39.7. The number of alkyl halides is 3. The first-order chi connectivity index (χ1) is 4.87. The summed E-state index contributed by atoms with van der Waals surface area (Å²) in [6.07, 6.45) is -4.69. The Balaban J connectivity index is 4.74. The lowest BCUT2D eigenvalue weighted by Crippen LogP contribution is -2.41. The molecule has 0 heterocycles. The van der Waals surface area contributed by atoms with Crippen LogP contribution in [0.1, 0.15) is 6.92 Å². The zero-order valence-corrected chi connectivity index (χ0v) is 5.88. The van der Waals surface area contributed by atoms with Gasteiger partial charge in [-0.1, -0.05) is 0 Å². The summed E-state index contributed by atoms with van der Waals surface area (Å²) in [5.74, 6) is 0. The minimum absolute atomic E-state index is 0.646. The van der Waals surface area contributed by atoms with Gasteiger partial charge in [0.2, 0.25) is 5.72 Å². The molecule has 0 N–H and O–H groups in total. The molecule has 7 heteroatoms. The van der Waals surface area contributed by atoms with Crippen LogP contribution in [0.5, 0.6) is 0 Å². The molecule has 0 bridgehead atoms. The van der Waals surface area contributed by atoms with E-state index in [4.69, 9.17) is 5.53 Å². The maximum absolute atomic E-state index is 11.9. The Morgan fingerprint density at radius 1 is 1.45 bits per heavy atom. The smallest absolute Gasteiger partial charge is 0.364 e. The molecule has 0 radical (unpaired) electrons. The second-order valence-corrected chi connectivity index (χ2v) is 1.87. The lowest BCUT2D eigenvalue weighted by molar-refractivity contribution is -0.259. The minimum atomic E-state index is -4.69. The Morgan fingerprint density at radius 3 is 2.00 bits per heavy atom. The van der Waals surface area contributed by atoms with Crippen molar-refractivity contribution in [2.75, 3.05) is 7.11 Å². The first-order valence-electron chi connectivity index (χ1n) is 2.55. The quantitative estimate of drug-likeness (QED) is 0.355. The highest BCUT2D eigenvalue weighted by Crippen LogP contribution is 2.33. The zero-order chi connectivity index (χ0) is 9.12. The Hall–Kier alpha value is -0.940. The van der Waals surface area contributed by atoms with Gasteiger partial charge >= 0.3 is 6.18 Å². The molecular weight excluding hydrogens is 163 g/mol. The number of hydrogen-bond acceptors (Lipinski definition) is 2. The van der Waals surface area contributed by atoms with E-state index in [9.17, 15) is 13.2 Å². The van der Waals surface area contributed by atoms with Crippen LogP contribution in [0.25, 0.3) is 10.4 Å². The molecule has 1 atom stereocenters. The highest BCUT2D eigenvalue weighted by Gasteiger charge is 2.51. The molecule has 0 aliphatic heterocycles. The number of methoxy groups -OCH3 is 1. The van der Waals surface area contributed by atoms with Gasteiger partial charge in [0.15, 0.2) is 0 Å². The number of halogens is 3. The molecule has 0 aromatic carbocycles. The van der Waals surface area contributed by atoms with Crippen LogP contribution in [-0.4, -0.2) is 19.0 Å². The van der Waals surface area contributed by atoms with Crippen LogP contribution in [0.4, 0.5) is 13.2 Å². The largest absolute Gasteiger partial charge is 0.423 e. The summed E-state index contributed by atoms with van der Waals surface area (Å²) in [4.78, 5) is 2.03. The average molecular weight is 169 g/mol. The van der Waals surface area contributed by atoms with Crippen molar-refractivity contribution in [1.29, 1.82) is 0 Å². The van der Waals surface area contributed by atoms with E-state index in [-0.39, 0.29) is 0 Å². The van der Waals surface area contributed by atoms with E-state index in [1.807, 2.05) is 4.91 Å². The second-order valence-electron chi connectivity index (χ2n) is 1.87. The van der Waals surface area contributed by atoms with Gasteiger partial charge in [-0.15, -0.1) is 0 Å². The number of rotatable bonds is 2. The van der Waals surface area contributed by atoms with Gasteiger partial charge < -0.3 is 4.74 Å². The summed E-state index contributed by atoms with van der Waals surface area (Å²) >= 11 is 0. The molecule has 0 aromatic heterocycles. The number of azide groups is 1. The molecule has 0 aromatic rings. The molecule has 0 spiro atoms. The predicted molar refractivity (Wildman–Crippen MR) is 30.6 cm³/mol. The van der Waals surface area contributed by atoms with E-state index in [0.717, 1.165) is 7.11 Å². The monoisotopic (exact) mass is 169 g/mol. The van der Waals surface area contributed by atoms with Gasteiger partial charge in [0.05, 0.1) is 0 Å². The fourth-order valence-corrected chi connectivity index (χ4v) is 0.299. The van der Waals surface area contributed by atoms with Crippen LogP contribution in [0.3, 0.4) is 0 Å². The maximum atomic E-state index is 11.9. The lowest BCUT2D eigenvalue weighted by Gasteiger charge is -2.24. The topological polar surface area (TPSA) is 58.0 Å². The molecule has 0 rings (SSSR count). The molecule has 0 fully saturated rings. The number of hydrogen-bond donors (Lipinski definition) is 0. The van der Waals surface area contributed by atoms with Crippen molar-refractivity contribution in [3.63, 3.8) is 0 Å². The number of ether oxygens (including phenoxy) is 1. The summed E-state index contributed by atoms with van der Waals surface area (Å²) in [5.41, 5.74) is 5.01. The van der Waals surface area contributed by atoms with Gasteiger partial charge in [-0.25, -0.2) is 0 Å². The number of nitrogens with zero attached hydrogens (tertiary/aromatic N) is 3. The van der Waals surface area contributed by atoms with Gasteiger partial charge in [-0.2, -0.15) is 13.2 Å². The van der Waals surface area contributed by atoms with Crippen LogP contribution >= 0.6 is 0 Å². The van der Waals surface area contributed by atoms with E-state index in [0.29, 0.717) is 6.92 Å². The van der Waals surface area contributed by atoms with Crippen molar-refractivity contribution >= 4 is 0 Å². The fourth-order valence-electron chi connectivity index (χ4n) is 0.299. The highest BCUT2D eigenvalue weighted by atomic mass is 19.4. The minimum Gasteiger partial charge on any atom is -0.364 e. The van der Waals surface area contributed by atoms with Crippen molar-refractivity contribution in [3.05, 3.63) is 10.4 Å². The molecule has 64 valence electrons. The highest BCUT2D eigenvalue weighted by molar-refractivity contribution is 4.80. The molecule has 0 saturated carbocycles. The van der Waals surface area contributed by atoms with E-state index in [1.54, 1.807) is 0 Å². The van der Waals surface area contributed by atoms with Crippen molar-refractivity contribution in [2.45, 2.75) is 18.8 Å². The molecule has 0 amide bonds. The van der Waals surface area contributed by atoms with Crippen LogP contribution in [-0.2, 0) is 4.74 Å². The summed E-state index contributed by atoms with van der Waals surface area (Å²) in [5, 5.41) is 2.48. The van der Waals surface area contributed by atoms with Crippen LogP contribution < -0.4 is 0 Å². The SMILES string of the molecule is COC(C)(N=[N+]=[N-])C(F)(F)F. The third-order valence-corrected chi connectivity index (χ3v) is 1.16. The normalized spacial score (nSPS) is 16.8. The summed E-state index contributed by atoms with van der Waals surface area (Å²) in [6.45, 7) is 0.646. The molecule has 11 heavy (non-hydrogen) atoms. The third-order valence-electron chi connectivity index (χ3n) is 1.16. The van der Waals surface area contributed by atoms with Gasteiger partial charge in [-0.05, 0) is 17.6 Å². The van der Waals surface area contributed by atoms with E-state index >= 15 is 0 Å². The second kappa shape index (κ2) is 2.98. The van der Waals surface area contributed by atoms with Crippen molar-refractivity contribution in [2.24, 2.45) is 5.11 Å². The standard InChI is InChI=1S/C4H6F3N3O/c1-3(11-2,9-10-8)4(5,6)7/h1-2H3.